The van der Waals surface area contributed by atoms with Crippen molar-refractivity contribution in [1.29, 1.82) is 0 Å². The van der Waals surface area contributed by atoms with E-state index in [1.165, 1.54) is 0 Å². The van der Waals surface area contributed by atoms with E-state index in [9.17, 15) is 9.59 Å². The molecule has 1 aromatic carbocycles. The molecule has 168 valence electrons. The number of furan rings is 2. The number of para-hydroxylation sites is 1. The first kappa shape index (κ1) is 21.7. The highest BCUT2D eigenvalue weighted by molar-refractivity contribution is 5.80. The van der Waals surface area contributed by atoms with Crippen molar-refractivity contribution in [2.75, 3.05) is 19.7 Å². The summed E-state index contributed by atoms with van der Waals surface area (Å²) in [6.07, 6.45) is 4.84. The SMILES string of the molecule is O=C(CCOc1ccccc1)N1CCC(C(=O)N(Cc2ccco2)Cc2ccco2)CC1. The molecule has 7 heteroatoms. The maximum Gasteiger partial charge on any atom is 0.226 e. The zero-order chi connectivity index (χ0) is 22.2. The number of hydrogen-bond acceptors (Lipinski definition) is 5. The lowest BCUT2D eigenvalue weighted by molar-refractivity contribution is -0.142. The van der Waals surface area contributed by atoms with Gasteiger partial charge in [0.05, 0.1) is 38.6 Å². The number of nitrogens with zero attached hydrogens (tertiary/aromatic N) is 2. The third-order valence-electron chi connectivity index (χ3n) is 5.69. The molecule has 1 saturated heterocycles. The Hall–Kier alpha value is -3.48. The van der Waals surface area contributed by atoms with E-state index >= 15 is 0 Å². The Bertz CT molecular complexity index is 925. The molecule has 0 radical (unpaired) electrons. The molecule has 0 atom stereocenters. The minimum absolute atomic E-state index is 0.0647. The van der Waals surface area contributed by atoms with Crippen LogP contribution in [0, 0.1) is 5.92 Å². The van der Waals surface area contributed by atoms with Crippen molar-refractivity contribution in [2.24, 2.45) is 5.92 Å². The molecule has 1 fully saturated rings. The van der Waals surface area contributed by atoms with Gasteiger partial charge in [0.2, 0.25) is 11.8 Å². The number of benzene rings is 1. The van der Waals surface area contributed by atoms with Gasteiger partial charge in [0, 0.05) is 19.0 Å². The van der Waals surface area contributed by atoms with Gasteiger partial charge in [-0.3, -0.25) is 9.59 Å². The number of ether oxygens (including phenoxy) is 1. The van der Waals surface area contributed by atoms with Crippen molar-refractivity contribution in [1.82, 2.24) is 9.80 Å². The Labute approximate surface area is 187 Å². The molecule has 0 unspecified atom stereocenters. The second-order valence-corrected chi connectivity index (χ2v) is 7.92. The molecule has 4 rings (SSSR count). The largest absolute Gasteiger partial charge is 0.493 e. The normalized spacial score (nSPS) is 14.3. The van der Waals surface area contributed by atoms with Crippen LogP contribution in [-0.2, 0) is 22.7 Å². The van der Waals surface area contributed by atoms with Crippen molar-refractivity contribution < 1.29 is 23.2 Å². The summed E-state index contributed by atoms with van der Waals surface area (Å²) in [5, 5.41) is 0. The Morgan fingerprint density at radius 1 is 0.906 bits per heavy atom. The number of likely N-dealkylation sites (tertiary alicyclic amines) is 1. The predicted octanol–water partition coefficient (Wildman–Crippen LogP) is 4.11. The molecule has 1 aliphatic rings. The van der Waals surface area contributed by atoms with Gasteiger partial charge in [0.15, 0.2) is 0 Å². The maximum atomic E-state index is 13.3. The monoisotopic (exact) mass is 436 g/mol. The molecule has 0 spiro atoms. The summed E-state index contributed by atoms with van der Waals surface area (Å²) >= 11 is 0. The summed E-state index contributed by atoms with van der Waals surface area (Å²) < 4.78 is 16.5. The van der Waals surface area contributed by atoms with Gasteiger partial charge in [0.25, 0.3) is 0 Å². The van der Waals surface area contributed by atoms with Crippen LogP contribution in [0.2, 0.25) is 0 Å². The third-order valence-corrected chi connectivity index (χ3v) is 5.69. The molecule has 3 aromatic rings. The van der Waals surface area contributed by atoms with Crippen LogP contribution in [0.25, 0.3) is 0 Å². The number of carbonyl (C=O) groups is 2. The van der Waals surface area contributed by atoms with Gasteiger partial charge in [-0.25, -0.2) is 0 Å². The van der Waals surface area contributed by atoms with E-state index in [0.29, 0.717) is 52.0 Å². The highest BCUT2D eigenvalue weighted by Gasteiger charge is 2.31. The summed E-state index contributed by atoms with van der Waals surface area (Å²) in [7, 11) is 0. The molecule has 1 aliphatic heterocycles. The minimum atomic E-state index is -0.121. The Kier molecular flexibility index (Phi) is 7.27. The van der Waals surface area contributed by atoms with Gasteiger partial charge >= 0.3 is 0 Å². The zero-order valence-electron chi connectivity index (χ0n) is 18.0. The van der Waals surface area contributed by atoms with E-state index in [-0.39, 0.29) is 17.7 Å². The first-order valence-corrected chi connectivity index (χ1v) is 11.0. The van der Waals surface area contributed by atoms with E-state index in [0.717, 1.165) is 17.3 Å². The maximum absolute atomic E-state index is 13.3. The van der Waals surface area contributed by atoms with Crippen molar-refractivity contribution in [2.45, 2.75) is 32.4 Å². The van der Waals surface area contributed by atoms with Gasteiger partial charge in [-0.05, 0) is 49.2 Å². The second kappa shape index (κ2) is 10.7. The molecule has 2 amide bonds. The number of piperidine rings is 1. The first-order chi connectivity index (χ1) is 15.7. The fourth-order valence-corrected chi connectivity index (χ4v) is 3.96. The zero-order valence-corrected chi connectivity index (χ0v) is 18.0. The fraction of sp³-hybridized carbons (Fsp3) is 0.360. The molecular formula is C25H28N2O5. The molecule has 0 N–H and O–H groups in total. The molecular weight excluding hydrogens is 408 g/mol. The van der Waals surface area contributed by atoms with Crippen LogP contribution in [0.4, 0.5) is 0 Å². The molecule has 2 aromatic heterocycles. The molecule has 0 saturated carbocycles. The summed E-state index contributed by atoms with van der Waals surface area (Å²) in [6.45, 7) is 2.29. The Balaban J connectivity index is 1.27. The highest BCUT2D eigenvalue weighted by Crippen LogP contribution is 2.23. The number of hydrogen-bond donors (Lipinski definition) is 0. The average Bonchev–Trinajstić information content (AvgIpc) is 3.53. The summed E-state index contributed by atoms with van der Waals surface area (Å²) in [5.41, 5.74) is 0. The number of rotatable bonds is 9. The van der Waals surface area contributed by atoms with Crippen molar-refractivity contribution in [3.63, 3.8) is 0 Å². The van der Waals surface area contributed by atoms with E-state index in [1.807, 2.05) is 59.5 Å². The van der Waals surface area contributed by atoms with Crippen molar-refractivity contribution in [3.8, 4) is 5.75 Å². The molecule has 32 heavy (non-hydrogen) atoms. The topological polar surface area (TPSA) is 76.1 Å². The summed E-state index contributed by atoms with van der Waals surface area (Å²) in [6, 6.07) is 16.8. The van der Waals surface area contributed by atoms with Crippen LogP contribution in [0.5, 0.6) is 5.75 Å². The molecule has 0 aliphatic carbocycles. The quantitative estimate of drug-likeness (QED) is 0.505. The lowest BCUT2D eigenvalue weighted by Gasteiger charge is -2.34. The van der Waals surface area contributed by atoms with Crippen molar-refractivity contribution >= 4 is 11.8 Å². The van der Waals surface area contributed by atoms with Crippen LogP contribution < -0.4 is 4.74 Å². The minimum Gasteiger partial charge on any atom is -0.493 e. The lowest BCUT2D eigenvalue weighted by atomic mass is 9.95. The third kappa shape index (κ3) is 5.81. The van der Waals surface area contributed by atoms with E-state index in [2.05, 4.69) is 0 Å². The number of carbonyl (C=O) groups excluding carboxylic acids is 2. The van der Waals surface area contributed by atoms with Gasteiger partial charge in [-0.15, -0.1) is 0 Å². The number of amides is 2. The fourth-order valence-electron chi connectivity index (χ4n) is 3.96. The standard InChI is InChI=1S/C25H28N2O5/c28-24(12-17-32-21-6-2-1-3-7-21)26-13-10-20(11-14-26)25(29)27(18-22-8-4-15-30-22)19-23-9-5-16-31-23/h1-9,15-16,20H,10-14,17-19H2. The van der Waals surface area contributed by atoms with E-state index in [4.69, 9.17) is 13.6 Å². The van der Waals surface area contributed by atoms with Crippen LogP contribution >= 0.6 is 0 Å². The lowest BCUT2D eigenvalue weighted by Crippen LogP contribution is -2.44. The van der Waals surface area contributed by atoms with Gasteiger partial charge in [-0.2, -0.15) is 0 Å². The predicted molar refractivity (Wildman–Crippen MR) is 118 cm³/mol. The van der Waals surface area contributed by atoms with Gasteiger partial charge in [0.1, 0.15) is 17.3 Å². The van der Waals surface area contributed by atoms with Gasteiger partial charge in [-0.1, -0.05) is 18.2 Å². The van der Waals surface area contributed by atoms with Crippen LogP contribution in [-0.4, -0.2) is 41.3 Å². The molecule has 0 bridgehead atoms. The van der Waals surface area contributed by atoms with Crippen LogP contribution in [0.3, 0.4) is 0 Å². The van der Waals surface area contributed by atoms with E-state index in [1.54, 1.807) is 17.4 Å². The molecule has 7 nitrogen and oxygen atoms in total. The van der Waals surface area contributed by atoms with Crippen LogP contribution in [0.15, 0.2) is 76.0 Å². The van der Waals surface area contributed by atoms with Crippen molar-refractivity contribution in [3.05, 3.63) is 78.6 Å². The average molecular weight is 437 g/mol. The Morgan fingerprint density at radius 3 is 2.09 bits per heavy atom. The first-order valence-electron chi connectivity index (χ1n) is 11.0. The summed E-state index contributed by atoms with van der Waals surface area (Å²) in [4.78, 5) is 29.4. The second-order valence-electron chi connectivity index (χ2n) is 7.92. The highest BCUT2D eigenvalue weighted by atomic mass is 16.5. The summed E-state index contributed by atoms with van der Waals surface area (Å²) in [5.74, 6) is 2.24. The van der Waals surface area contributed by atoms with Gasteiger partial charge < -0.3 is 23.4 Å². The smallest absolute Gasteiger partial charge is 0.226 e. The molecule has 3 heterocycles. The van der Waals surface area contributed by atoms with E-state index < -0.39 is 0 Å². The Morgan fingerprint density at radius 2 is 1.53 bits per heavy atom. The van der Waals surface area contributed by atoms with Crippen LogP contribution in [0.1, 0.15) is 30.8 Å².